The number of aromatic nitrogens is 2. The molecule has 0 bridgehead atoms. The fraction of sp³-hybridized carbons (Fsp3) is 0.636. The maximum Gasteiger partial charge on any atom is 0.168 e. The second-order valence-corrected chi connectivity index (χ2v) is 4.16. The van der Waals surface area contributed by atoms with Crippen LogP contribution in [0, 0.1) is 5.92 Å². The van der Waals surface area contributed by atoms with Crippen molar-refractivity contribution in [1.82, 2.24) is 9.55 Å². The molecule has 0 amide bonds. The van der Waals surface area contributed by atoms with Crippen LogP contribution in [0.4, 0.5) is 0 Å². The van der Waals surface area contributed by atoms with E-state index in [1.165, 1.54) is 0 Å². The number of rotatable bonds is 3. The lowest BCUT2D eigenvalue weighted by Gasteiger charge is -2.27. The molecular formula is C11H16N2O2. The van der Waals surface area contributed by atoms with E-state index in [1.807, 2.05) is 4.57 Å². The van der Waals surface area contributed by atoms with Crippen LogP contribution in [0.15, 0.2) is 12.5 Å². The molecule has 15 heavy (non-hydrogen) atoms. The molecule has 2 unspecified atom stereocenters. The minimum atomic E-state index is 0.340. The second kappa shape index (κ2) is 4.57. The lowest BCUT2D eigenvalue weighted by atomic mass is 9.96. The highest BCUT2D eigenvalue weighted by atomic mass is 16.5. The maximum atomic E-state index is 10.7. The van der Waals surface area contributed by atoms with Gasteiger partial charge in [0.15, 0.2) is 6.29 Å². The molecule has 1 fully saturated rings. The molecule has 0 saturated carbocycles. The summed E-state index contributed by atoms with van der Waals surface area (Å²) in [5.41, 5.74) is 0.661. The van der Waals surface area contributed by atoms with Gasteiger partial charge in [-0.3, -0.25) is 4.79 Å². The number of imidazole rings is 1. The number of carbonyl (C=O) groups excluding carboxylic acids is 1. The summed E-state index contributed by atoms with van der Waals surface area (Å²) in [5.74, 6) is 0.599. The first-order valence-electron chi connectivity index (χ1n) is 5.36. The molecule has 2 rings (SSSR count). The van der Waals surface area contributed by atoms with E-state index in [0.29, 0.717) is 17.7 Å². The molecule has 0 aromatic carbocycles. The van der Waals surface area contributed by atoms with E-state index in [0.717, 1.165) is 32.3 Å². The van der Waals surface area contributed by atoms with Gasteiger partial charge in [-0.1, -0.05) is 0 Å². The van der Waals surface area contributed by atoms with Crippen LogP contribution in [0.25, 0.3) is 0 Å². The van der Waals surface area contributed by atoms with Gasteiger partial charge in [-0.05, 0) is 25.7 Å². The SMILES string of the molecule is CC1CC(Cn2cncc2C=O)CCO1. The van der Waals surface area contributed by atoms with Crippen LogP contribution in [-0.4, -0.2) is 28.5 Å². The normalized spacial score (nSPS) is 26.5. The molecule has 1 aliphatic rings. The fourth-order valence-corrected chi connectivity index (χ4v) is 2.12. The lowest BCUT2D eigenvalue weighted by Crippen LogP contribution is -2.26. The maximum absolute atomic E-state index is 10.7. The molecular weight excluding hydrogens is 192 g/mol. The average Bonchev–Trinajstić information content (AvgIpc) is 2.65. The van der Waals surface area contributed by atoms with Crippen molar-refractivity contribution < 1.29 is 9.53 Å². The van der Waals surface area contributed by atoms with Gasteiger partial charge >= 0.3 is 0 Å². The van der Waals surface area contributed by atoms with Gasteiger partial charge in [0.25, 0.3) is 0 Å². The Bertz CT molecular complexity index is 335. The van der Waals surface area contributed by atoms with Crippen molar-refractivity contribution in [3.05, 3.63) is 18.2 Å². The Morgan fingerprint density at radius 3 is 3.33 bits per heavy atom. The van der Waals surface area contributed by atoms with Crippen molar-refractivity contribution in [3.63, 3.8) is 0 Å². The van der Waals surface area contributed by atoms with Crippen LogP contribution in [0.5, 0.6) is 0 Å². The fourth-order valence-electron chi connectivity index (χ4n) is 2.12. The summed E-state index contributed by atoms with van der Waals surface area (Å²) in [4.78, 5) is 14.7. The lowest BCUT2D eigenvalue weighted by molar-refractivity contribution is -0.00110. The quantitative estimate of drug-likeness (QED) is 0.707. The van der Waals surface area contributed by atoms with Crippen molar-refractivity contribution >= 4 is 6.29 Å². The predicted octanol–water partition coefficient (Wildman–Crippen LogP) is 1.51. The smallest absolute Gasteiger partial charge is 0.168 e. The third-order valence-electron chi connectivity index (χ3n) is 2.91. The van der Waals surface area contributed by atoms with Gasteiger partial charge in [0.05, 0.1) is 18.6 Å². The van der Waals surface area contributed by atoms with Crippen molar-refractivity contribution in [2.24, 2.45) is 5.92 Å². The summed E-state index contributed by atoms with van der Waals surface area (Å²) in [5, 5.41) is 0. The standard InChI is InChI=1S/C11H16N2O2/c1-9-4-10(2-3-15-9)6-13-8-12-5-11(13)7-14/h5,7-10H,2-4,6H2,1H3. The van der Waals surface area contributed by atoms with Crippen LogP contribution >= 0.6 is 0 Å². The van der Waals surface area contributed by atoms with Gasteiger partial charge in [-0.25, -0.2) is 4.98 Å². The van der Waals surface area contributed by atoms with E-state index in [1.54, 1.807) is 12.5 Å². The predicted molar refractivity (Wildman–Crippen MR) is 55.8 cm³/mol. The van der Waals surface area contributed by atoms with Gasteiger partial charge in [-0.2, -0.15) is 0 Å². The van der Waals surface area contributed by atoms with Gasteiger partial charge in [0.1, 0.15) is 5.69 Å². The minimum absolute atomic E-state index is 0.340. The molecule has 1 aliphatic heterocycles. The van der Waals surface area contributed by atoms with Crippen molar-refractivity contribution in [2.75, 3.05) is 6.61 Å². The number of ether oxygens (including phenoxy) is 1. The van der Waals surface area contributed by atoms with E-state index in [9.17, 15) is 4.79 Å². The highest BCUT2D eigenvalue weighted by molar-refractivity contribution is 5.71. The van der Waals surface area contributed by atoms with E-state index < -0.39 is 0 Å². The Hall–Kier alpha value is -1.16. The summed E-state index contributed by atoms with van der Waals surface area (Å²) in [6.45, 7) is 3.80. The molecule has 0 radical (unpaired) electrons. The molecule has 1 aromatic rings. The molecule has 4 nitrogen and oxygen atoms in total. The zero-order valence-electron chi connectivity index (χ0n) is 8.93. The Balaban J connectivity index is 1.98. The molecule has 4 heteroatoms. The Morgan fingerprint density at radius 1 is 1.73 bits per heavy atom. The van der Waals surface area contributed by atoms with Gasteiger partial charge in [0.2, 0.25) is 0 Å². The van der Waals surface area contributed by atoms with Gasteiger partial charge < -0.3 is 9.30 Å². The summed E-state index contributed by atoms with van der Waals surface area (Å²) in [6.07, 6.45) is 6.67. The molecule has 82 valence electrons. The first-order valence-corrected chi connectivity index (χ1v) is 5.36. The van der Waals surface area contributed by atoms with Crippen LogP contribution in [-0.2, 0) is 11.3 Å². The summed E-state index contributed by atoms with van der Waals surface area (Å²) < 4.78 is 7.42. The van der Waals surface area contributed by atoms with Crippen LogP contribution < -0.4 is 0 Å². The highest BCUT2D eigenvalue weighted by Crippen LogP contribution is 2.21. The number of carbonyl (C=O) groups is 1. The third kappa shape index (κ3) is 2.45. The van der Waals surface area contributed by atoms with Crippen molar-refractivity contribution in [1.29, 1.82) is 0 Å². The van der Waals surface area contributed by atoms with Crippen LogP contribution in [0.1, 0.15) is 30.3 Å². The number of aldehydes is 1. The summed E-state index contributed by atoms with van der Waals surface area (Å²) >= 11 is 0. The van der Waals surface area contributed by atoms with E-state index in [4.69, 9.17) is 4.74 Å². The van der Waals surface area contributed by atoms with Gasteiger partial charge in [-0.15, -0.1) is 0 Å². The van der Waals surface area contributed by atoms with E-state index in [-0.39, 0.29) is 0 Å². The second-order valence-electron chi connectivity index (χ2n) is 4.16. The monoisotopic (exact) mass is 208 g/mol. The first kappa shape index (κ1) is 10.4. The molecule has 1 saturated heterocycles. The van der Waals surface area contributed by atoms with Crippen LogP contribution in [0.3, 0.4) is 0 Å². The highest BCUT2D eigenvalue weighted by Gasteiger charge is 2.20. The molecule has 0 aliphatic carbocycles. The molecule has 1 aromatic heterocycles. The molecule has 0 N–H and O–H groups in total. The van der Waals surface area contributed by atoms with E-state index >= 15 is 0 Å². The Labute approximate surface area is 89.3 Å². The van der Waals surface area contributed by atoms with Gasteiger partial charge in [0, 0.05) is 13.2 Å². The molecule has 2 heterocycles. The largest absolute Gasteiger partial charge is 0.378 e. The van der Waals surface area contributed by atoms with Crippen LogP contribution in [0.2, 0.25) is 0 Å². The Morgan fingerprint density at radius 2 is 2.60 bits per heavy atom. The zero-order chi connectivity index (χ0) is 10.7. The number of hydrogen-bond donors (Lipinski definition) is 0. The Kier molecular flexibility index (Phi) is 3.16. The number of nitrogens with zero attached hydrogens (tertiary/aromatic N) is 2. The van der Waals surface area contributed by atoms with Crippen molar-refractivity contribution in [3.8, 4) is 0 Å². The molecule has 2 atom stereocenters. The zero-order valence-corrected chi connectivity index (χ0v) is 8.93. The number of hydrogen-bond acceptors (Lipinski definition) is 3. The third-order valence-corrected chi connectivity index (χ3v) is 2.91. The minimum Gasteiger partial charge on any atom is -0.378 e. The van der Waals surface area contributed by atoms with E-state index in [2.05, 4.69) is 11.9 Å². The summed E-state index contributed by atoms with van der Waals surface area (Å²) in [6, 6.07) is 0. The van der Waals surface area contributed by atoms with Crippen molar-refractivity contribution in [2.45, 2.75) is 32.4 Å². The average molecular weight is 208 g/mol. The summed E-state index contributed by atoms with van der Waals surface area (Å²) in [7, 11) is 0. The first-order chi connectivity index (χ1) is 7.29. The topological polar surface area (TPSA) is 44.1 Å². The molecule has 0 spiro atoms.